The molecule has 0 spiro atoms. The first kappa shape index (κ1) is 26.7. The summed E-state index contributed by atoms with van der Waals surface area (Å²) in [5.74, 6) is -3.74. The predicted molar refractivity (Wildman–Crippen MR) is 138 cm³/mol. The molecule has 3 N–H and O–H groups in total. The number of ether oxygens (including phenoxy) is 1. The van der Waals surface area contributed by atoms with Crippen molar-refractivity contribution in [2.75, 3.05) is 11.9 Å². The van der Waals surface area contributed by atoms with E-state index in [4.69, 9.17) is 33.7 Å². The molecule has 3 rings (SSSR count). The number of halogens is 2. The van der Waals surface area contributed by atoms with E-state index in [-0.39, 0.29) is 21.6 Å². The van der Waals surface area contributed by atoms with Crippen LogP contribution in [-0.2, 0) is 19.2 Å². The quantitative estimate of drug-likeness (QED) is 0.286. The lowest BCUT2D eigenvalue weighted by Gasteiger charge is -2.21. The van der Waals surface area contributed by atoms with Gasteiger partial charge in [-0.3, -0.25) is 19.3 Å². The third-order valence-corrected chi connectivity index (χ3v) is 6.61. The minimum atomic E-state index is -1.64. The fraction of sp³-hybridized carbons (Fsp3) is 0.136. The number of anilines is 1. The number of carbonyl (C=O) groups is 4. The molecule has 0 radical (unpaired) electrons. The van der Waals surface area contributed by atoms with Gasteiger partial charge in [0.05, 0.1) is 11.3 Å². The minimum Gasteiger partial charge on any atom is -0.483 e. The molecular weight excluding hydrogens is 584 g/mol. The molecule has 2 aromatic rings. The van der Waals surface area contributed by atoms with Crippen LogP contribution >= 0.6 is 51.5 Å². The number of aliphatic carboxylic acids is 2. The van der Waals surface area contributed by atoms with Crippen LogP contribution in [0.1, 0.15) is 12.0 Å². The highest BCUT2D eigenvalue weighted by Gasteiger charge is 2.41. The molecule has 1 fully saturated rings. The highest BCUT2D eigenvalue weighted by atomic mass is 79.9. The summed E-state index contributed by atoms with van der Waals surface area (Å²) >= 11 is 15.2. The van der Waals surface area contributed by atoms with Crippen LogP contribution in [0.15, 0.2) is 51.8 Å². The zero-order valence-electron chi connectivity index (χ0n) is 17.6. The lowest BCUT2D eigenvalue weighted by atomic mass is 10.1. The van der Waals surface area contributed by atoms with Crippen molar-refractivity contribution in [3.05, 3.63) is 62.4 Å². The van der Waals surface area contributed by atoms with Crippen LogP contribution in [0.5, 0.6) is 5.75 Å². The molecule has 0 aromatic heterocycles. The number of nitrogens with one attached hydrogen (secondary N) is 1. The lowest BCUT2D eigenvalue weighted by molar-refractivity contribution is -0.150. The van der Waals surface area contributed by atoms with E-state index >= 15 is 0 Å². The van der Waals surface area contributed by atoms with Gasteiger partial charge in [0.15, 0.2) is 6.61 Å². The number of nitrogens with zero attached hydrogens (tertiary/aromatic N) is 1. The maximum Gasteiger partial charge on any atom is 0.327 e. The molecule has 2 aromatic carbocycles. The molecule has 13 heteroatoms. The van der Waals surface area contributed by atoms with E-state index in [1.54, 1.807) is 42.5 Å². The van der Waals surface area contributed by atoms with Gasteiger partial charge in [-0.2, -0.15) is 0 Å². The Morgan fingerprint density at radius 2 is 1.89 bits per heavy atom. The Kier molecular flexibility index (Phi) is 8.89. The highest BCUT2D eigenvalue weighted by molar-refractivity contribution is 9.10. The van der Waals surface area contributed by atoms with Crippen molar-refractivity contribution in [3.63, 3.8) is 0 Å². The number of hydrogen-bond donors (Lipinski definition) is 3. The number of carbonyl (C=O) groups excluding carboxylic acids is 2. The van der Waals surface area contributed by atoms with Crippen LogP contribution in [0.4, 0.5) is 5.69 Å². The zero-order valence-corrected chi connectivity index (χ0v) is 21.5. The summed E-state index contributed by atoms with van der Waals surface area (Å²) < 4.78 is 6.23. The number of hydrogen-bond acceptors (Lipinski definition) is 7. The van der Waals surface area contributed by atoms with E-state index in [0.29, 0.717) is 20.7 Å². The average molecular weight is 600 g/mol. The first-order valence-corrected chi connectivity index (χ1v) is 12.1. The van der Waals surface area contributed by atoms with Crippen LogP contribution < -0.4 is 10.1 Å². The van der Waals surface area contributed by atoms with Gasteiger partial charge in [-0.05, 0) is 48.5 Å². The minimum absolute atomic E-state index is 0.0743. The van der Waals surface area contributed by atoms with Gasteiger partial charge in [0.2, 0.25) is 0 Å². The fourth-order valence-electron chi connectivity index (χ4n) is 2.98. The average Bonchev–Trinajstić information content (AvgIpc) is 3.05. The van der Waals surface area contributed by atoms with Gasteiger partial charge in [0.25, 0.3) is 11.8 Å². The number of thioether (sulfide) groups is 1. The van der Waals surface area contributed by atoms with Crippen LogP contribution in [-0.4, -0.2) is 55.8 Å². The monoisotopic (exact) mass is 598 g/mol. The molecule has 1 heterocycles. The predicted octanol–water partition coefficient (Wildman–Crippen LogP) is 4.25. The Hall–Kier alpha value is -2.93. The Morgan fingerprint density at radius 3 is 2.51 bits per heavy atom. The number of carboxylic acid groups (broad SMARTS) is 2. The fourth-order valence-corrected chi connectivity index (χ4v) is 4.83. The zero-order chi connectivity index (χ0) is 25.7. The van der Waals surface area contributed by atoms with Crippen LogP contribution in [0.2, 0.25) is 5.02 Å². The van der Waals surface area contributed by atoms with Gasteiger partial charge in [0, 0.05) is 20.7 Å². The second kappa shape index (κ2) is 11.7. The second-order valence-electron chi connectivity index (χ2n) is 7.03. The first-order chi connectivity index (χ1) is 16.5. The maximum atomic E-state index is 12.9. The molecule has 0 bridgehead atoms. The topological polar surface area (TPSA) is 133 Å². The molecule has 1 aliphatic heterocycles. The van der Waals surface area contributed by atoms with Crippen molar-refractivity contribution in [1.29, 1.82) is 0 Å². The van der Waals surface area contributed by atoms with Gasteiger partial charge in [-0.15, -0.1) is 0 Å². The lowest BCUT2D eigenvalue weighted by Crippen LogP contribution is -2.45. The molecule has 9 nitrogen and oxygen atoms in total. The Bertz CT molecular complexity index is 1240. The number of amides is 2. The summed E-state index contributed by atoms with van der Waals surface area (Å²) in [5.41, 5.74) is 0.960. The number of benzene rings is 2. The molecule has 1 aliphatic rings. The van der Waals surface area contributed by atoms with Crippen molar-refractivity contribution >= 4 is 91.3 Å². The van der Waals surface area contributed by atoms with Gasteiger partial charge < -0.3 is 20.3 Å². The van der Waals surface area contributed by atoms with Crippen molar-refractivity contribution in [3.8, 4) is 5.75 Å². The smallest absolute Gasteiger partial charge is 0.327 e. The summed E-state index contributed by atoms with van der Waals surface area (Å²) in [6.07, 6.45) is 0.638. The molecule has 0 aliphatic carbocycles. The third kappa shape index (κ3) is 7.04. The normalized spacial score (nSPS) is 15.3. The summed E-state index contributed by atoms with van der Waals surface area (Å²) in [4.78, 5) is 48.7. The Balaban J connectivity index is 1.78. The van der Waals surface area contributed by atoms with Crippen molar-refractivity contribution in [2.45, 2.75) is 12.5 Å². The molecule has 1 unspecified atom stereocenters. The van der Waals surface area contributed by atoms with E-state index in [2.05, 4.69) is 21.2 Å². The first-order valence-electron chi connectivity index (χ1n) is 9.74. The molecule has 182 valence electrons. The van der Waals surface area contributed by atoms with Crippen LogP contribution in [0.25, 0.3) is 6.08 Å². The largest absolute Gasteiger partial charge is 0.483 e. The molecule has 0 saturated carbocycles. The number of rotatable bonds is 9. The standard InChI is InChI=1S/C22H16BrClN2O7S2/c23-12-1-6-16(33-10-18(27)25-14-4-2-13(24)3-5-14)11(7-12)8-17-20(30)26(22(34)35-17)15(21(31)32)9-19(28)29/h1-8,15H,9-10H2,(H,25,27)(H,28,29)(H,31,32)/b17-8-. The second-order valence-corrected chi connectivity index (χ2v) is 10.1. The van der Waals surface area contributed by atoms with E-state index in [1.165, 1.54) is 6.08 Å². The van der Waals surface area contributed by atoms with Crippen LogP contribution in [0, 0.1) is 0 Å². The van der Waals surface area contributed by atoms with Gasteiger partial charge in [-0.1, -0.05) is 51.5 Å². The van der Waals surface area contributed by atoms with Gasteiger partial charge in [0.1, 0.15) is 16.1 Å². The maximum absolute atomic E-state index is 12.9. The van der Waals surface area contributed by atoms with E-state index in [0.717, 1.165) is 16.7 Å². The molecule has 1 saturated heterocycles. The van der Waals surface area contributed by atoms with E-state index < -0.39 is 36.2 Å². The summed E-state index contributed by atoms with van der Waals surface area (Å²) in [7, 11) is 0. The molecule has 1 atom stereocenters. The Labute approximate surface area is 222 Å². The van der Waals surface area contributed by atoms with Gasteiger partial charge >= 0.3 is 11.9 Å². The summed E-state index contributed by atoms with van der Waals surface area (Å²) in [6, 6.07) is 9.83. The van der Waals surface area contributed by atoms with Crippen LogP contribution in [0.3, 0.4) is 0 Å². The van der Waals surface area contributed by atoms with Crippen molar-refractivity contribution in [2.24, 2.45) is 0 Å². The summed E-state index contributed by atoms with van der Waals surface area (Å²) in [5, 5.41) is 21.6. The SMILES string of the molecule is O=C(O)CC(C(=O)O)N1C(=O)/C(=C/c2cc(Br)ccc2OCC(=O)Nc2ccc(Cl)cc2)SC1=S. The van der Waals surface area contributed by atoms with E-state index in [9.17, 15) is 24.3 Å². The molecule has 2 amide bonds. The number of thiocarbonyl (C=S) groups is 1. The summed E-state index contributed by atoms with van der Waals surface area (Å²) in [6.45, 7) is -0.328. The molecule has 35 heavy (non-hydrogen) atoms. The molecular formula is C22H16BrClN2O7S2. The Morgan fingerprint density at radius 1 is 1.20 bits per heavy atom. The van der Waals surface area contributed by atoms with Crippen molar-refractivity contribution in [1.82, 2.24) is 4.90 Å². The van der Waals surface area contributed by atoms with Gasteiger partial charge in [-0.25, -0.2) is 4.79 Å². The number of carboxylic acids is 2. The third-order valence-electron chi connectivity index (χ3n) is 4.53. The highest BCUT2D eigenvalue weighted by Crippen LogP contribution is 2.36. The van der Waals surface area contributed by atoms with E-state index in [1.807, 2.05) is 0 Å². The van der Waals surface area contributed by atoms with Crippen molar-refractivity contribution < 1.29 is 34.1 Å².